The summed E-state index contributed by atoms with van der Waals surface area (Å²) in [5.74, 6) is 0.126. The Morgan fingerprint density at radius 3 is 2.58 bits per heavy atom. The van der Waals surface area contributed by atoms with E-state index in [1.165, 1.54) is 5.56 Å². The number of likely N-dealkylation sites (tertiary alicyclic amines) is 1. The van der Waals surface area contributed by atoms with Crippen molar-refractivity contribution in [3.05, 3.63) is 34.9 Å². The normalized spacial score (nSPS) is 22.1. The van der Waals surface area contributed by atoms with Crippen molar-refractivity contribution in [3.63, 3.8) is 0 Å². The number of carbonyl (C=O) groups excluding carboxylic acids is 2. The Labute approximate surface area is 148 Å². The lowest BCUT2D eigenvalue weighted by molar-refractivity contribution is -0.134. The fraction of sp³-hybridized carbons (Fsp3) is 0.579. The van der Waals surface area contributed by atoms with E-state index in [1.54, 1.807) is 6.92 Å². The van der Waals surface area contributed by atoms with Crippen LogP contribution in [0.25, 0.3) is 0 Å². The molecule has 1 heterocycles. The SMILES string of the molecule is CC(=O)N1CCCCC1CC(=O)NCC1(c2ccc(Cl)cc2)CC1. The lowest BCUT2D eigenvalue weighted by atomic mass is 9.95. The molecule has 2 fully saturated rings. The molecule has 2 amide bonds. The van der Waals surface area contributed by atoms with E-state index in [4.69, 9.17) is 11.6 Å². The van der Waals surface area contributed by atoms with Gasteiger partial charge in [0.05, 0.1) is 0 Å². The zero-order chi connectivity index (χ0) is 17.2. The van der Waals surface area contributed by atoms with Crippen molar-refractivity contribution in [2.24, 2.45) is 0 Å². The second kappa shape index (κ2) is 7.14. The van der Waals surface area contributed by atoms with Crippen LogP contribution in [0.5, 0.6) is 0 Å². The van der Waals surface area contributed by atoms with E-state index in [0.717, 1.165) is 43.7 Å². The van der Waals surface area contributed by atoms with Crippen molar-refractivity contribution in [3.8, 4) is 0 Å². The molecule has 1 atom stereocenters. The van der Waals surface area contributed by atoms with Gasteiger partial charge in [0.2, 0.25) is 11.8 Å². The zero-order valence-electron chi connectivity index (χ0n) is 14.2. The smallest absolute Gasteiger partial charge is 0.222 e. The maximum atomic E-state index is 12.4. The molecule has 130 valence electrons. The first-order valence-electron chi connectivity index (χ1n) is 8.80. The third-order valence-corrected chi connectivity index (χ3v) is 5.64. The molecule has 1 aliphatic heterocycles. The highest BCUT2D eigenvalue weighted by Gasteiger charge is 2.44. The first-order valence-corrected chi connectivity index (χ1v) is 9.18. The van der Waals surface area contributed by atoms with E-state index >= 15 is 0 Å². The number of nitrogens with one attached hydrogen (secondary N) is 1. The van der Waals surface area contributed by atoms with Crippen LogP contribution in [0.3, 0.4) is 0 Å². The summed E-state index contributed by atoms with van der Waals surface area (Å²) in [6, 6.07) is 7.99. The van der Waals surface area contributed by atoms with E-state index in [1.807, 2.05) is 17.0 Å². The van der Waals surface area contributed by atoms with Gasteiger partial charge in [-0.1, -0.05) is 23.7 Å². The summed E-state index contributed by atoms with van der Waals surface area (Å²) in [7, 11) is 0. The number of carbonyl (C=O) groups is 2. The van der Waals surface area contributed by atoms with E-state index in [9.17, 15) is 9.59 Å². The summed E-state index contributed by atoms with van der Waals surface area (Å²) in [4.78, 5) is 25.9. The number of piperidine rings is 1. The molecule has 1 unspecified atom stereocenters. The van der Waals surface area contributed by atoms with Crippen LogP contribution in [0.1, 0.15) is 51.0 Å². The minimum atomic E-state index is 0.0494. The average molecular weight is 349 g/mol. The van der Waals surface area contributed by atoms with E-state index in [0.29, 0.717) is 13.0 Å². The van der Waals surface area contributed by atoms with Gasteiger partial charge in [-0.3, -0.25) is 9.59 Å². The molecule has 0 aromatic heterocycles. The second-order valence-corrected chi connectivity index (χ2v) is 7.57. The minimum absolute atomic E-state index is 0.0494. The van der Waals surface area contributed by atoms with Gasteiger partial charge in [0.1, 0.15) is 0 Å². The highest BCUT2D eigenvalue weighted by Crippen LogP contribution is 2.47. The Morgan fingerprint density at radius 2 is 1.96 bits per heavy atom. The van der Waals surface area contributed by atoms with Crippen molar-refractivity contribution in [1.82, 2.24) is 10.2 Å². The largest absolute Gasteiger partial charge is 0.355 e. The van der Waals surface area contributed by atoms with Crippen LogP contribution in [-0.2, 0) is 15.0 Å². The Balaban J connectivity index is 1.54. The van der Waals surface area contributed by atoms with Crippen molar-refractivity contribution < 1.29 is 9.59 Å². The highest BCUT2D eigenvalue weighted by atomic mass is 35.5. The Kier molecular flexibility index (Phi) is 5.14. The molecule has 1 aliphatic carbocycles. The summed E-state index contributed by atoms with van der Waals surface area (Å²) in [5, 5.41) is 3.83. The zero-order valence-corrected chi connectivity index (χ0v) is 14.9. The molecule has 0 radical (unpaired) electrons. The number of amides is 2. The standard InChI is InChI=1S/C19H25ClN2O2/c1-14(23)22-11-3-2-4-17(22)12-18(24)21-13-19(9-10-19)15-5-7-16(20)8-6-15/h5-8,17H,2-4,9-13H2,1H3,(H,21,24). The molecule has 1 N–H and O–H groups in total. The maximum absolute atomic E-state index is 12.4. The van der Waals surface area contributed by atoms with Crippen molar-refractivity contribution in [2.75, 3.05) is 13.1 Å². The number of hydrogen-bond donors (Lipinski definition) is 1. The first-order chi connectivity index (χ1) is 11.5. The minimum Gasteiger partial charge on any atom is -0.355 e. The van der Waals surface area contributed by atoms with E-state index < -0.39 is 0 Å². The fourth-order valence-corrected chi connectivity index (χ4v) is 3.83. The van der Waals surface area contributed by atoms with E-state index in [2.05, 4.69) is 17.4 Å². The summed E-state index contributed by atoms with van der Waals surface area (Å²) in [6.07, 6.45) is 5.66. The predicted molar refractivity (Wildman–Crippen MR) is 95.0 cm³/mol. The lowest BCUT2D eigenvalue weighted by Crippen LogP contribution is -2.45. The third kappa shape index (κ3) is 3.92. The summed E-state index contributed by atoms with van der Waals surface area (Å²) < 4.78 is 0. The van der Waals surface area contributed by atoms with Crippen molar-refractivity contribution in [2.45, 2.75) is 56.9 Å². The van der Waals surface area contributed by atoms with Crippen LogP contribution in [0, 0.1) is 0 Å². The summed E-state index contributed by atoms with van der Waals surface area (Å²) in [5.41, 5.74) is 1.32. The quantitative estimate of drug-likeness (QED) is 0.887. The molecule has 1 aromatic rings. The Morgan fingerprint density at radius 1 is 1.25 bits per heavy atom. The second-order valence-electron chi connectivity index (χ2n) is 7.13. The van der Waals surface area contributed by atoms with Crippen LogP contribution in [0.4, 0.5) is 0 Å². The average Bonchev–Trinajstić information content (AvgIpc) is 3.35. The van der Waals surface area contributed by atoms with Crippen LogP contribution >= 0.6 is 11.6 Å². The molecule has 1 saturated heterocycles. The highest BCUT2D eigenvalue weighted by molar-refractivity contribution is 6.30. The molecular weight excluding hydrogens is 324 g/mol. The van der Waals surface area contributed by atoms with Crippen LogP contribution < -0.4 is 5.32 Å². The van der Waals surface area contributed by atoms with Crippen LogP contribution in [0.15, 0.2) is 24.3 Å². The number of benzene rings is 1. The van der Waals surface area contributed by atoms with E-state index in [-0.39, 0.29) is 23.3 Å². The van der Waals surface area contributed by atoms with Crippen molar-refractivity contribution in [1.29, 1.82) is 0 Å². The number of rotatable bonds is 5. The predicted octanol–water partition coefficient (Wildman–Crippen LogP) is 3.28. The first kappa shape index (κ1) is 17.3. The van der Waals surface area contributed by atoms with Crippen LogP contribution in [0.2, 0.25) is 5.02 Å². The molecule has 3 rings (SSSR count). The molecule has 24 heavy (non-hydrogen) atoms. The van der Waals surface area contributed by atoms with Gasteiger partial charge in [0.25, 0.3) is 0 Å². The third-order valence-electron chi connectivity index (χ3n) is 5.39. The molecule has 0 spiro atoms. The lowest BCUT2D eigenvalue weighted by Gasteiger charge is -2.34. The molecular formula is C19H25ClN2O2. The molecule has 1 saturated carbocycles. The molecule has 4 nitrogen and oxygen atoms in total. The van der Waals surface area contributed by atoms with Gasteiger partial charge in [0.15, 0.2) is 0 Å². The molecule has 5 heteroatoms. The number of hydrogen-bond acceptors (Lipinski definition) is 2. The fourth-order valence-electron chi connectivity index (χ4n) is 3.70. The monoisotopic (exact) mass is 348 g/mol. The topological polar surface area (TPSA) is 49.4 Å². The van der Waals surface area contributed by atoms with Gasteiger partial charge in [-0.2, -0.15) is 0 Å². The molecule has 2 aliphatic rings. The van der Waals surface area contributed by atoms with Gasteiger partial charge in [-0.15, -0.1) is 0 Å². The van der Waals surface area contributed by atoms with Gasteiger partial charge in [0, 0.05) is 42.9 Å². The van der Waals surface area contributed by atoms with Gasteiger partial charge >= 0.3 is 0 Å². The van der Waals surface area contributed by atoms with Gasteiger partial charge < -0.3 is 10.2 Å². The summed E-state index contributed by atoms with van der Waals surface area (Å²) >= 11 is 5.96. The molecule has 1 aromatic carbocycles. The number of nitrogens with zero attached hydrogens (tertiary/aromatic N) is 1. The Hall–Kier alpha value is -1.55. The van der Waals surface area contributed by atoms with Crippen molar-refractivity contribution >= 4 is 23.4 Å². The maximum Gasteiger partial charge on any atom is 0.222 e. The summed E-state index contributed by atoms with van der Waals surface area (Å²) in [6.45, 7) is 3.04. The Bertz CT molecular complexity index is 610. The van der Waals surface area contributed by atoms with Crippen LogP contribution in [-0.4, -0.2) is 35.8 Å². The van der Waals surface area contributed by atoms with Gasteiger partial charge in [-0.25, -0.2) is 0 Å². The number of halogens is 1. The molecule has 0 bridgehead atoms. The van der Waals surface area contributed by atoms with Gasteiger partial charge in [-0.05, 0) is 49.8 Å².